The van der Waals surface area contributed by atoms with Crippen LogP contribution in [0.25, 0.3) is 0 Å². The van der Waals surface area contributed by atoms with Gasteiger partial charge in [-0.3, -0.25) is 9.59 Å². The highest BCUT2D eigenvalue weighted by Gasteiger charge is 2.31. The van der Waals surface area contributed by atoms with Gasteiger partial charge in [-0.1, -0.05) is 35.9 Å². The fourth-order valence-electron chi connectivity index (χ4n) is 2.37. The van der Waals surface area contributed by atoms with Crippen molar-refractivity contribution in [2.24, 2.45) is 0 Å². The standard InChI is InChI=1S/C18H22N2O5S2/c1-13-5-7-14(8-6-13)15(27(23,24)16-4-3-11-26-16)12-20-18(22)17(21)19-9-10-25-2/h3-8,11,15H,9-10,12H2,1-2H3,(H,19,21)(H,20,22)/t15-/m1/s1. The van der Waals surface area contributed by atoms with E-state index in [0.29, 0.717) is 5.56 Å². The van der Waals surface area contributed by atoms with E-state index in [2.05, 4.69) is 10.6 Å². The van der Waals surface area contributed by atoms with Gasteiger partial charge in [0.1, 0.15) is 9.46 Å². The lowest BCUT2D eigenvalue weighted by molar-refractivity contribution is -0.139. The van der Waals surface area contributed by atoms with Crippen molar-refractivity contribution in [2.75, 3.05) is 26.8 Å². The van der Waals surface area contributed by atoms with Gasteiger partial charge in [0, 0.05) is 20.2 Å². The summed E-state index contributed by atoms with van der Waals surface area (Å²) in [6, 6.07) is 10.2. The Morgan fingerprint density at radius 2 is 1.78 bits per heavy atom. The van der Waals surface area contributed by atoms with Crippen LogP contribution in [-0.2, 0) is 24.2 Å². The molecule has 1 atom stereocenters. The Bertz CT molecular complexity index is 862. The molecule has 0 aliphatic heterocycles. The molecule has 1 aromatic carbocycles. The van der Waals surface area contributed by atoms with E-state index in [4.69, 9.17) is 4.74 Å². The second kappa shape index (κ2) is 9.63. The molecule has 9 heteroatoms. The van der Waals surface area contributed by atoms with E-state index in [1.54, 1.807) is 23.6 Å². The van der Waals surface area contributed by atoms with Crippen LogP contribution in [-0.4, -0.2) is 47.0 Å². The first-order chi connectivity index (χ1) is 12.9. The molecule has 0 saturated carbocycles. The van der Waals surface area contributed by atoms with Gasteiger partial charge in [0.15, 0.2) is 9.84 Å². The zero-order valence-electron chi connectivity index (χ0n) is 15.1. The molecular weight excluding hydrogens is 388 g/mol. The number of thiophene rings is 1. The Hall–Kier alpha value is -2.23. The van der Waals surface area contributed by atoms with Crippen LogP contribution in [0.1, 0.15) is 16.4 Å². The summed E-state index contributed by atoms with van der Waals surface area (Å²) in [5, 5.41) is 5.51. The molecule has 0 aliphatic rings. The van der Waals surface area contributed by atoms with Crippen molar-refractivity contribution < 1.29 is 22.7 Å². The van der Waals surface area contributed by atoms with Crippen molar-refractivity contribution in [3.05, 3.63) is 52.9 Å². The van der Waals surface area contributed by atoms with Gasteiger partial charge < -0.3 is 15.4 Å². The maximum absolute atomic E-state index is 13.0. The molecule has 0 fully saturated rings. The van der Waals surface area contributed by atoms with Crippen molar-refractivity contribution in [2.45, 2.75) is 16.4 Å². The first kappa shape index (κ1) is 21.1. The molecule has 1 heterocycles. The molecule has 0 bridgehead atoms. The number of carbonyl (C=O) groups is 2. The van der Waals surface area contributed by atoms with Gasteiger partial charge in [0.2, 0.25) is 0 Å². The lowest BCUT2D eigenvalue weighted by Crippen LogP contribution is -2.43. The summed E-state index contributed by atoms with van der Waals surface area (Å²) in [5.74, 6) is -1.71. The maximum atomic E-state index is 13.0. The summed E-state index contributed by atoms with van der Waals surface area (Å²) in [6.45, 7) is 2.16. The Balaban J connectivity index is 2.17. The number of nitrogens with one attached hydrogen (secondary N) is 2. The van der Waals surface area contributed by atoms with E-state index in [1.165, 1.54) is 13.2 Å². The number of hydrogen-bond donors (Lipinski definition) is 2. The van der Waals surface area contributed by atoms with Crippen LogP contribution in [0, 0.1) is 6.92 Å². The molecular formula is C18H22N2O5S2. The van der Waals surface area contributed by atoms with E-state index >= 15 is 0 Å². The number of benzene rings is 1. The first-order valence-electron chi connectivity index (χ1n) is 8.25. The number of rotatable bonds is 8. The quantitative estimate of drug-likeness (QED) is 0.507. The van der Waals surface area contributed by atoms with Gasteiger partial charge in [-0.2, -0.15) is 0 Å². The van der Waals surface area contributed by atoms with Gasteiger partial charge in [0.05, 0.1) is 6.61 Å². The molecule has 0 saturated heterocycles. The number of methoxy groups -OCH3 is 1. The van der Waals surface area contributed by atoms with Crippen LogP contribution < -0.4 is 10.6 Å². The second-order valence-corrected chi connectivity index (χ2v) is 9.14. The number of ether oxygens (including phenoxy) is 1. The van der Waals surface area contributed by atoms with Gasteiger partial charge >= 0.3 is 11.8 Å². The fraction of sp³-hybridized carbons (Fsp3) is 0.333. The molecule has 2 aromatic rings. The Kier molecular flexibility index (Phi) is 7.52. The Labute approximate surface area is 162 Å². The normalized spacial score (nSPS) is 12.4. The number of amides is 2. The highest BCUT2D eigenvalue weighted by Crippen LogP contribution is 2.31. The van der Waals surface area contributed by atoms with Crippen LogP contribution in [0.15, 0.2) is 46.0 Å². The second-order valence-electron chi connectivity index (χ2n) is 5.84. The molecule has 0 radical (unpaired) electrons. The molecule has 0 aliphatic carbocycles. The molecule has 146 valence electrons. The first-order valence-corrected chi connectivity index (χ1v) is 10.7. The van der Waals surface area contributed by atoms with Crippen LogP contribution in [0.5, 0.6) is 0 Å². The summed E-state index contributed by atoms with van der Waals surface area (Å²) < 4.78 is 31.0. The molecule has 2 rings (SSSR count). The molecule has 7 nitrogen and oxygen atoms in total. The van der Waals surface area contributed by atoms with Gasteiger partial charge in [-0.25, -0.2) is 8.42 Å². The van der Waals surface area contributed by atoms with Crippen LogP contribution in [0.2, 0.25) is 0 Å². The topological polar surface area (TPSA) is 102 Å². The molecule has 0 unspecified atom stereocenters. The summed E-state index contributed by atoms with van der Waals surface area (Å²) >= 11 is 1.12. The molecule has 1 aromatic heterocycles. The highest BCUT2D eigenvalue weighted by molar-refractivity contribution is 7.93. The van der Waals surface area contributed by atoms with Gasteiger partial charge in [0.25, 0.3) is 0 Å². The highest BCUT2D eigenvalue weighted by atomic mass is 32.2. The summed E-state index contributed by atoms with van der Waals surface area (Å²) in [6.07, 6.45) is 0. The third-order valence-electron chi connectivity index (χ3n) is 3.85. The van der Waals surface area contributed by atoms with Crippen LogP contribution in [0.3, 0.4) is 0 Å². The predicted octanol–water partition coefficient (Wildman–Crippen LogP) is 1.45. The van der Waals surface area contributed by atoms with Crippen molar-refractivity contribution in [1.29, 1.82) is 0 Å². The van der Waals surface area contributed by atoms with E-state index in [-0.39, 0.29) is 23.9 Å². The number of sulfone groups is 1. The zero-order valence-corrected chi connectivity index (χ0v) is 16.7. The van der Waals surface area contributed by atoms with Crippen molar-refractivity contribution >= 4 is 33.0 Å². The minimum atomic E-state index is -3.71. The SMILES string of the molecule is COCCNC(=O)C(=O)NC[C@H](c1ccc(C)cc1)S(=O)(=O)c1cccs1. The summed E-state index contributed by atoms with van der Waals surface area (Å²) in [5.41, 5.74) is 1.54. The predicted molar refractivity (Wildman–Crippen MR) is 103 cm³/mol. The zero-order chi connectivity index (χ0) is 19.9. The number of carbonyl (C=O) groups excluding carboxylic acids is 2. The number of hydrogen-bond acceptors (Lipinski definition) is 6. The Morgan fingerprint density at radius 3 is 2.37 bits per heavy atom. The van der Waals surface area contributed by atoms with Crippen LogP contribution >= 0.6 is 11.3 Å². The summed E-state index contributed by atoms with van der Waals surface area (Å²) in [4.78, 5) is 23.7. The van der Waals surface area contributed by atoms with E-state index < -0.39 is 26.9 Å². The monoisotopic (exact) mass is 410 g/mol. The molecule has 2 N–H and O–H groups in total. The number of aryl methyl sites for hydroxylation is 1. The molecule has 27 heavy (non-hydrogen) atoms. The third kappa shape index (κ3) is 5.62. The Morgan fingerprint density at radius 1 is 1.11 bits per heavy atom. The van der Waals surface area contributed by atoms with Gasteiger partial charge in [-0.15, -0.1) is 11.3 Å². The average Bonchev–Trinajstić information content (AvgIpc) is 3.18. The minimum absolute atomic E-state index is 0.192. The van der Waals surface area contributed by atoms with E-state index in [9.17, 15) is 18.0 Å². The van der Waals surface area contributed by atoms with Gasteiger partial charge in [-0.05, 0) is 23.9 Å². The van der Waals surface area contributed by atoms with Crippen LogP contribution in [0.4, 0.5) is 0 Å². The average molecular weight is 411 g/mol. The van der Waals surface area contributed by atoms with Crippen molar-refractivity contribution in [3.8, 4) is 0 Å². The van der Waals surface area contributed by atoms with E-state index in [1.807, 2.05) is 19.1 Å². The largest absolute Gasteiger partial charge is 0.383 e. The molecule has 2 amide bonds. The van der Waals surface area contributed by atoms with Crippen molar-refractivity contribution in [1.82, 2.24) is 10.6 Å². The fourth-order valence-corrected chi connectivity index (χ4v) is 5.23. The lowest BCUT2D eigenvalue weighted by atomic mass is 10.1. The lowest BCUT2D eigenvalue weighted by Gasteiger charge is -2.18. The minimum Gasteiger partial charge on any atom is -0.383 e. The van der Waals surface area contributed by atoms with E-state index in [0.717, 1.165) is 16.9 Å². The smallest absolute Gasteiger partial charge is 0.309 e. The maximum Gasteiger partial charge on any atom is 0.309 e. The third-order valence-corrected chi connectivity index (χ3v) is 7.38. The van der Waals surface area contributed by atoms with Crippen molar-refractivity contribution in [3.63, 3.8) is 0 Å². The molecule has 0 spiro atoms. The summed E-state index contributed by atoms with van der Waals surface area (Å²) in [7, 11) is -2.23.